The first kappa shape index (κ1) is 22.6. The van der Waals surface area contributed by atoms with Gasteiger partial charge in [-0.15, -0.1) is 0 Å². The smallest absolute Gasteiger partial charge is 0.410 e. The van der Waals surface area contributed by atoms with Crippen LogP contribution in [0.1, 0.15) is 61.1 Å². The summed E-state index contributed by atoms with van der Waals surface area (Å²) in [6.07, 6.45) is 8.59. The van der Waals surface area contributed by atoms with Crippen molar-refractivity contribution < 1.29 is 19.1 Å². The fourth-order valence-electron chi connectivity index (χ4n) is 4.45. The SMILES string of the molecule is COC(=O)c1cn(C2CCN(C(=O)OC(C)(C)C)CC2)c2c1CCc1cnc(SC)nc1-2. The number of fused-ring (bicyclic) bond motifs is 3. The van der Waals surface area contributed by atoms with Gasteiger partial charge >= 0.3 is 12.1 Å². The van der Waals surface area contributed by atoms with Crippen LogP contribution >= 0.6 is 11.8 Å². The number of rotatable bonds is 3. The van der Waals surface area contributed by atoms with Crippen molar-refractivity contribution in [1.29, 1.82) is 0 Å². The second kappa shape index (κ2) is 8.77. The van der Waals surface area contributed by atoms with Crippen LogP contribution in [0.15, 0.2) is 17.6 Å². The Morgan fingerprint density at radius 2 is 1.91 bits per heavy atom. The molecule has 0 N–H and O–H groups in total. The van der Waals surface area contributed by atoms with Gasteiger partial charge in [-0.2, -0.15) is 0 Å². The monoisotopic (exact) mass is 458 g/mol. The topological polar surface area (TPSA) is 86.5 Å². The number of carbonyl (C=O) groups is 2. The molecule has 1 aliphatic heterocycles. The number of amides is 1. The van der Waals surface area contributed by atoms with Crippen molar-refractivity contribution in [2.24, 2.45) is 0 Å². The predicted molar refractivity (Wildman–Crippen MR) is 122 cm³/mol. The van der Waals surface area contributed by atoms with Gasteiger partial charge < -0.3 is 18.9 Å². The molecule has 4 rings (SSSR count). The maximum absolute atomic E-state index is 12.5. The predicted octanol–water partition coefficient (Wildman–Crippen LogP) is 4.12. The third-order valence-electron chi connectivity index (χ3n) is 5.95. The molecule has 172 valence electrons. The molecule has 1 aliphatic carbocycles. The molecule has 0 radical (unpaired) electrons. The largest absolute Gasteiger partial charge is 0.465 e. The van der Waals surface area contributed by atoms with Crippen LogP contribution in [0.4, 0.5) is 4.79 Å². The number of esters is 1. The van der Waals surface area contributed by atoms with Gasteiger partial charge in [0.15, 0.2) is 5.16 Å². The minimum absolute atomic E-state index is 0.152. The molecule has 1 fully saturated rings. The fraction of sp³-hybridized carbons (Fsp3) is 0.565. The standard InChI is InChI=1S/C23H30N4O4S/c1-23(2,3)31-22(29)26-10-8-15(9-11-26)27-13-17(20(28)30-4)16-7-6-14-12-24-21(32-5)25-18(14)19(16)27/h12-13,15H,6-11H2,1-5H3. The molecule has 2 aliphatic rings. The molecule has 1 amide bonds. The number of aromatic nitrogens is 3. The number of methoxy groups -OCH3 is 1. The second-order valence-electron chi connectivity index (χ2n) is 9.20. The molecule has 0 spiro atoms. The number of hydrogen-bond donors (Lipinski definition) is 0. The number of hydrogen-bond acceptors (Lipinski definition) is 7. The quantitative estimate of drug-likeness (QED) is 0.388. The van der Waals surface area contributed by atoms with Gasteiger partial charge in [-0.1, -0.05) is 11.8 Å². The highest BCUT2D eigenvalue weighted by Crippen LogP contribution is 2.40. The van der Waals surface area contributed by atoms with Gasteiger partial charge in [0.2, 0.25) is 0 Å². The maximum Gasteiger partial charge on any atom is 0.410 e. The highest BCUT2D eigenvalue weighted by atomic mass is 32.2. The molecule has 0 aromatic carbocycles. The summed E-state index contributed by atoms with van der Waals surface area (Å²) in [5, 5.41) is 0.712. The van der Waals surface area contributed by atoms with Gasteiger partial charge in [-0.3, -0.25) is 0 Å². The summed E-state index contributed by atoms with van der Waals surface area (Å²) in [6, 6.07) is 0.152. The molecule has 8 nitrogen and oxygen atoms in total. The number of piperidine rings is 1. The lowest BCUT2D eigenvalue weighted by Gasteiger charge is -2.35. The lowest BCUT2D eigenvalue weighted by Crippen LogP contribution is -2.42. The van der Waals surface area contributed by atoms with E-state index in [1.54, 1.807) is 4.90 Å². The van der Waals surface area contributed by atoms with E-state index < -0.39 is 5.60 Å². The highest BCUT2D eigenvalue weighted by molar-refractivity contribution is 7.98. The number of thioether (sulfide) groups is 1. The third-order valence-corrected chi connectivity index (χ3v) is 6.51. The van der Waals surface area contributed by atoms with Crippen LogP contribution in [0.3, 0.4) is 0 Å². The molecule has 0 unspecified atom stereocenters. The first-order valence-electron chi connectivity index (χ1n) is 10.9. The molecular weight excluding hydrogens is 428 g/mol. The molecule has 0 saturated carbocycles. The van der Waals surface area contributed by atoms with E-state index in [0.29, 0.717) is 23.8 Å². The number of likely N-dealkylation sites (tertiary alicyclic amines) is 1. The first-order chi connectivity index (χ1) is 15.2. The Balaban J connectivity index is 1.66. The van der Waals surface area contributed by atoms with Crippen LogP contribution in [0, 0.1) is 0 Å². The molecule has 32 heavy (non-hydrogen) atoms. The average Bonchev–Trinajstić information content (AvgIpc) is 3.17. The molecule has 0 bridgehead atoms. The van der Waals surface area contributed by atoms with Crippen molar-refractivity contribution in [1.82, 2.24) is 19.4 Å². The summed E-state index contributed by atoms with van der Waals surface area (Å²) >= 11 is 1.50. The van der Waals surface area contributed by atoms with E-state index in [0.717, 1.165) is 48.2 Å². The normalized spacial score (nSPS) is 16.3. The number of nitrogens with zero attached hydrogens (tertiary/aromatic N) is 4. The first-order valence-corrected chi connectivity index (χ1v) is 12.1. The molecule has 0 atom stereocenters. The van der Waals surface area contributed by atoms with E-state index in [4.69, 9.17) is 14.5 Å². The summed E-state index contributed by atoms with van der Waals surface area (Å²) < 4.78 is 12.8. The van der Waals surface area contributed by atoms with Gasteiger partial charge in [-0.25, -0.2) is 19.6 Å². The van der Waals surface area contributed by atoms with Crippen molar-refractivity contribution in [2.45, 2.75) is 63.3 Å². The van der Waals surface area contributed by atoms with Gasteiger partial charge in [0, 0.05) is 31.5 Å². The summed E-state index contributed by atoms with van der Waals surface area (Å²) in [5.41, 5.74) is 4.06. The molecule has 2 aromatic heterocycles. The minimum atomic E-state index is -0.513. The highest BCUT2D eigenvalue weighted by Gasteiger charge is 2.33. The zero-order valence-electron chi connectivity index (χ0n) is 19.3. The maximum atomic E-state index is 12.5. The zero-order chi connectivity index (χ0) is 23.0. The lowest BCUT2D eigenvalue weighted by molar-refractivity contribution is 0.0189. The second-order valence-corrected chi connectivity index (χ2v) is 9.97. The minimum Gasteiger partial charge on any atom is -0.465 e. The molecular formula is C23H30N4O4S. The van der Waals surface area contributed by atoms with Crippen molar-refractivity contribution >= 4 is 23.8 Å². The molecule has 2 aromatic rings. The van der Waals surface area contributed by atoms with E-state index in [-0.39, 0.29) is 18.1 Å². The molecule has 1 saturated heterocycles. The summed E-state index contributed by atoms with van der Waals surface area (Å²) in [4.78, 5) is 36.0. The van der Waals surface area contributed by atoms with E-state index in [9.17, 15) is 9.59 Å². The van der Waals surface area contributed by atoms with E-state index >= 15 is 0 Å². The van der Waals surface area contributed by atoms with E-state index in [2.05, 4.69) is 9.55 Å². The summed E-state index contributed by atoms with van der Waals surface area (Å²) in [7, 11) is 1.41. The summed E-state index contributed by atoms with van der Waals surface area (Å²) in [6.45, 7) is 6.83. The third kappa shape index (κ3) is 4.35. The Labute approximate surface area is 192 Å². The van der Waals surface area contributed by atoms with Gasteiger partial charge in [0.05, 0.1) is 24.1 Å². The van der Waals surface area contributed by atoms with Crippen molar-refractivity contribution in [2.75, 3.05) is 26.5 Å². The number of aryl methyl sites for hydroxylation is 1. The van der Waals surface area contributed by atoms with Crippen LogP contribution in [-0.4, -0.2) is 63.6 Å². The Hall–Kier alpha value is -2.55. The average molecular weight is 459 g/mol. The Morgan fingerprint density at radius 3 is 2.53 bits per heavy atom. The molecule has 3 heterocycles. The van der Waals surface area contributed by atoms with Crippen LogP contribution < -0.4 is 0 Å². The van der Waals surface area contributed by atoms with Crippen molar-refractivity contribution in [3.8, 4) is 11.4 Å². The zero-order valence-corrected chi connectivity index (χ0v) is 20.1. The van der Waals surface area contributed by atoms with Gasteiger partial charge in [0.25, 0.3) is 0 Å². The Kier molecular flexibility index (Phi) is 6.20. The number of carbonyl (C=O) groups excluding carboxylic acids is 2. The van der Waals surface area contributed by atoms with Crippen LogP contribution in [0.25, 0.3) is 11.4 Å². The van der Waals surface area contributed by atoms with E-state index in [1.807, 2.05) is 39.4 Å². The number of ether oxygens (including phenoxy) is 2. The fourth-order valence-corrected chi connectivity index (χ4v) is 4.79. The van der Waals surface area contributed by atoms with Gasteiger partial charge in [0.1, 0.15) is 5.60 Å². The lowest BCUT2D eigenvalue weighted by atomic mass is 9.92. The van der Waals surface area contributed by atoms with Crippen molar-refractivity contribution in [3.05, 3.63) is 29.1 Å². The van der Waals surface area contributed by atoms with E-state index in [1.165, 1.54) is 18.9 Å². The molecule has 9 heteroatoms. The van der Waals surface area contributed by atoms with Crippen LogP contribution in [0.2, 0.25) is 0 Å². The Morgan fingerprint density at radius 1 is 1.19 bits per heavy atom. The van der Waals surface area contributed by atoms with Crippen LogP contribution in [-0.2, 0) is 22.3 Å². The summed E-state index contributed by atoms with van der Waals surface area (Å²) in [5.74, 6) is -0.325. The van der Waals surface area contributed by atoms with Gasteiger partial charge in [-0.05, 0) is 63.8 Å². The van der Waals surface area contributed by atoms with Crippen molar-refractivity contribution in [3.63, 3.8) is 0 Å². The van der Waals surface area contributed by atoms with Crippen LogP contribution in [0.5, 0.6) is 0 Å². The Bertz CT molecular complexity index is 1040.